The first-order valence-corrected chi connectivity index (χ1v) is 12.1. The third-order valence-corrected chi connectivity index (χ3v) is 5.79. The zero-order valence-corrected chi connectivity index (χ0v) is 20.5. The van der Waals surface area contributed by atoms with Crippen LogP contribution in [0.25, 0.3) is 0 Å². The van der Waals surface area contributed by atoms with Gasteiger partial charge < -0.3 is 15.0 Å². The van der Waals surface area contributed by atoms with Crippen LogP contribution < -0.4 is 10.1 Å². The van der Waals surface area contributed by atoms with E-state index in [2.05, 4.69) is 5.32 Å². The van der Waals surface area contributed by atoms with E-state index >= 15 is 0 Å². The molecule has 0 saturated carbocycles. The molecule has 0 aromatic heterocycles. The highest BCUT2D eigenvalue weighted by atomic mass is 35.5. The average Bonchev–Trinajstić information content (AvgIpc) is 2.86. The Labute approximate surface area is 210 Å². The van der Waals surface area contributed by atoms with Crippen LogP contribution in [0.1, 0.15) is 30.9 Å². The summed E-state index contributed by atoms with van der Waals surface area (Å²) in [5.74, 6) is -0.251. The van der Waals surface area contributed by atoms with E-state index < -0.39 is 11.9 Å². The predicted molar refractivity (Wildman–Crippen MR) is 136 cm³/mol. The number of hydrogen-bond donors (Lipinski definition) is 1. The van der Waals surface area contributed by atoms with Crippen LogP contribution in [-0.4, -0.2) is 35.9 Å². The Morgan fingerprint density at radius 3 is 2.37 bits per heavy atom. The van der Waals surface area contributed by atoms with Gasteiger partial charge in [-0.15, -0.1) is 0 Å². The number of halogens is 2. The highest BCUT2D eigenvalue weighted by Gasteiger charge is 2.30. The number of benzene rings is 3. The molecular weight excluding hydrogens is 467 g/mol. The topological polar surface area (TPSA) is 58.6 Å². The van der Waals surface area contributed by atoms with Crippen molar-refractivity contribution in [2.24, 2.45) is 0 Å². The first kappa shape index (κ1) is 26.2. The molecule has 1 N–H and O–H groups in total. The number of hydrogen-bond acceptors (Lipinski definition) is 3. The minimum Gasteiger partial charge on any atom is -0.494 e. The van der Waals surface area contributed by atoms with Gasteiger partial charge in [0.2, 0.25) is 11.8 Å². The summed E-state index contributed by atoms with van der Waals surface area (Å²) < 4.78 is 20.2. The summed E-state index contributed by atoms with van der Waals surface area (Å²) in [5, 5.41) is 3.45. The lowest BCUT2D eigenvalue weighted by Gasteiger charge is -2.31. The molecule has 5 nitrogen and oxygen atoms in total. The van der Waals surface area contributed by atoms with Crippen molar-refractivity contribution in [2.75, 3.05) is 13.2 Å². The maximum Gasteiger partial charge on any atom is 0.243 e. The number of likely N-dealkylation sites (N-methyl/N-ethyl adjacent to an activating group) is 1. The van der Waals surface area contributed by atoms with Gasteiger partial charge in [0.15, 0.2) is 0 Å². The SMILES string of the molecule is CCNC(=O)[C@@H](Cc1ccccc1)N(Cc1ccccc1F)C(=O)CCCOc1ccc(Cl)cc1. The quantitative estimate of drug-likeness (QED) is 0.341. The van der Waals surface area contributed by atoms with Gasteiger partial charge in [0, 0.05) is 36.5 Å². The number of amides is 2. The van der Waals surface area contributed by atoms with Crippen LogP contribution in [0.3, 0.4) is 0 Å². The zero-order valence-electron chi connectivity index (χ0n) is 19.8. The molecule has 0 radical (unpaired) electrons. The molecule has 3 rings (SSSR count). The molecule has 2 amide bonds. The minimum atomic E-state index is -0.776. The van der Waals surface area contributed by atoms with Gasteiger partial charge in [0.1, 0.15) is 17.6 Å². The van der Waals surface area contributed by atoms with Gasteiger partial charge in [-0.1, -0.05) is 60.1 Å². The van der Waals surface area contributed by atoms with Gasteiger partial charge in [-0.05, 0) is 49.2 Å². The number of ether oxygens (including phenoxy) is 1. The Kier molecular flexibility index (Phi) is 10.1. The minimum absolute atomic E-state index is 0.00180. The van der Waals surface area contributed by atoms with Crippen molar-refractivity contribution < 1.29 is 18.7 Å². The Morgan fingerprint density at radius 1 is 1.00 bits per heavy atom. The van der Waals surface area contributed by atoms with E-state index in [1.807, 2.05) is 37.3 Å². The Morgan fingerprint density at radius 2 is 1.69 bits per heavy atom. The van der Waals surface area contributed by atoms with Crippen LogP contribution in [0, 0.1) is 5.82 Å². The molecular formula is C28H30ClFN2O3. The molecule has 0 aliphatic heterocycles. The van der Waals surface area contributed by atoms with E-state index in [0.717, 1.165) is 5.56 Å². The number of nitrogens with one attached hydrogen (secondary N) is 1. The van der Waals surface area contributed by atoms with Crippen LogP contribution in [-0.2, 0) is 22.6 Å². The van der Waals surface area contributed by atoms with E-state index in [-0.39, 0.29) is 24.8 Å². The second-order valence-electron chi connectivity index (χ2n) is 8.12. The van der Waals surface area contributed by atoms with Crippen LogP contribution in [0.15, 0.2) is 78.9 Å². The maximum absolute atomic E-state index is 14.5. The zero-order chi connectivity index (χ0) is 25.0. The van der Waals surface area contributed by atoms with Crippen molar-refractivity contribution in [2.45, 2.75) is 38.8 Å². The van der Waals surface area contributed by atoms with Crippen molar-refractivity contribution >= 4 is 23.4 Å². The molecule has 0 aliphatic carbocycles. The largest absolute Gasteiger partial charge is 0.494 e. The van der Waals surface area contributed by atoms with Crippen molar-refractivity contribution in [3.8, 4) is 5.75 Å². The molecule has 0 unspecified atom stereocenters. The summed E-state index contributed by atoms with van der Waals surface area (Å²) in [6.45, 7) is 2.58. The van der Waals surface area contributed by atoms with Crippen LogP contribution in [0.2, 0.25) is 5.02 Å². The standard InChI is InChI=1S/C28H30ClFN2O3/c1-2-31-28(34)26(19-21-9-4-3-5-10-21)32(20-22-11-6-7-12-25(22)30)27(33)13-8-18-35-24-16-14-23(29)15-17-24/h3-7,9-12,14-17,26H,2,8,13,18-20H2,1H3,(H,31,34)/t26-/m1/s1. The van der Waals surface area contributed by atoms with Gasteiger partial charge in [-0.2, -0.15) is 0 Å². The smallest absolute Gasteiger partial charge is 0.243 e. The molecule has 0 fully saturated rings. The summed E-state index contributed by atoms with van der Waals surface area (Å²) in [6, 6.07) is 22.0. The number of nitrogens with zero attached hydrogens (tertiary/aromatic N) is 1. The molecule has 1 atom stereocenters. The molecule has 35 heavy (non-hydrogen) atoms. The summed E-state index contributed by atoms with van der Waals surface area (Å²) in [4.78, 5) is 28.0. The molecule has 7 heteroatoms. The van der Waals surface area contributed by atoms with Crippen molar-refractivity contribution in [1.82, 2.24) is 10.2 Å². The van der Waals surface area contributed by atoms with Crippen LogP contribution in [0.5, 0.6) is 5.75 Å². The van der Waals surface area contributed by atoms with E-state index in [4.69, 9.17) is 16.3 Å². The first-order chi connectivity index (χ1) is 17.0. The third-order valence-electron chi connectivity index (χ3n) is 5.54. The Balaban J connectivity index is 1.77. The first-order valence-electron chi connectivity index (χ1n) is 11.7. The average molecular weight is 497 g/mol. The molecule has 0 bridgehead atoms. The van der Waals surface area contributed by atoms with E-state index in [1.54, 1.807) is 42.5 Å². The van der Waals surface area contributed by atoms with Crippen molar-refractivity contribution in [1.29, 1.82) is 0 Å². The maximum atomic E-state index is 14.5. The fourth-order valence-electron chi connectivity index (χ4n) is 3.74. The van der Waals surface area contributed by atoms with E-state index in [0.29, 0.717) is 42.3 Å². The highest BCUT2D eigenvalue weighted by molar-refractivity contribution is 6.30. The fourth-order valence-corrected chi connectivity index (χ4v) is 3.87. The molecule has 184 valence electrons. The lowest BCUT2D eigenvalue weighted by atomic mass is 10.0. The van der Waals surface area contributed by atoms with Gasteiger partial charge >= 0.3 is 0 Å². The normalized spacial score (nSPS) is 11.5. The number of carbonyl (C=O) groups is 2. The summed E-state index contributed by atoms with van der Waals surface area (Å²) in [6.07, 6.45) is 0.934. The summed E-state index contributed by atoms with van der Waals surface area (Å²) in [5.41, 5.74) is 1.28. The molecule has 3 aromatic rings. The van der Waals surface area contributed by atoms with Gasteiger partial charge in [0.05, 0.1) is 6.61 Å². The second kappa shape index (κ2) is 13.5. The van der Waals surface area contributed by atoms with Crippen molar-refractivity contribution in [3.05, 3.63) is 101 Å². The lowest BCUT2D eigenvalue weighted by Crippen LogP contribution is -2.50. The van der Waals surface area contributed by atoms with E-state index in [9.17, 15) is 14.0 Å². The predicted octanol–water partition coefficient (Wildman–Crippen LogP) is 5.41. The molecule has 3 aromatic carbocycles. The van der Waals surface area contributed by atoms with Gasteiger partial charge in [-0.25, -0.2) is 4.39 Å². The number of carbonyl (C=O) groups excluding carboxylic acids is 2. The van der Waals surface area contributed by atoms with Crippen molar-refractivity contribution in [3.63, 3.8) is 0 Å². The van der Waals surface area contributed by atoms with Crippen LogP contribution >= 0.6 is 11.6 Å². The van der Waals surface area contributed by atoms with Gasteiger partial charge in [-0.3, -0.25) is 9.59 Å². The summed E-state index contributed by atoms with van der Waals surface area (Å²) >= 11 is 5.90. The Hall–Kier alpha value is -3.38. The third kappa shape index (κ3) is 8.11. The Bertz CT molecular complexity index is 1090. The molecule has 0 spiro atoms. The summed E-state index contributed by atoms with van der Waals surface area (Å²) in [7, 11) is 0. The molecule has 0 saturated heterocycles. The lowest BCUT2D eigenvalue weighted by molar-refractivity contribution is -0.141. The van der Waals surface area contributed by atoms with E-state index in [1.165, 1.54) is 11.0 Å². The molecule has 0 aliphatic rings. The second-order valence-corrected chi connectivity index (χ2v) is 8.56. The fraction of sp³-hybridized carbons (Fsp3) is 0.286. The monoisotopic (exact) mass is 496 g/mol. The molecule has 0 heterocycles. The van der Waals surface area contributed by atoms with Gasteiger partial charge in [0.25, 0.3) is 0 Å². The highest BCUT2D eigenvalue weighted by Crippen LogP contribution is 2.19. The number of rotatable bonds is 12. The van der Waals surface area contributed by atoms with Crippen LogP contribution in [0.4, 0.5) is 4.39 Å².